The molecule has 0 saturated carbocycles. The van der Waals surface area contributed by atoms with Gasteiger partial charge in [0.1, 0.15) is 0 Å². The highest BCUT2D eigenvalue weighted by Crippen LogP contribution is 2.03. The zero-order valence-electron chi connectivity index (χ0n) is 10.2. The lowest BCUT2D eigenvalue weighted by Gasteiger charge is -2.22. The van der Waals surface area contributed by atoms with E-state index in [2.05, 4.69) is 9.88 Å². The van der Waals surface area contributed by atoms with Crippen LogP contribution in [0.1, 0.15) is 12.5 Å². The first-order chi connectivity index (χ1) is 7.59. The Hall–Kier alpha value is -1.42. The van der Waals surface area contributed by atoms with Crippen molar-refractivity contribution in [3.05, 3.63) is 30.1 Å². The normalized spacial score (nSPS) is 10.5. The zero-order valence-corrected chi connectivity index (χ0v) is 10.2. The third-order valence-corrected chi connectivity index (χ3v) is 2.36. The Morgan fingerprint density at radius 3 is 2.62 bits per heavy atom. The summed E-state index contributed by atoms with van der Waals surface area (Å²) in [6.45, 7) is 3.86. The van der Waals surface area contributed by atoms with Crippen LogP contribution in [0, 0.1) is 0 Å². The summed E-state index contributed by atoms with van der Waals surface area (Å²) < 4.78 is 0. The molecule has 0 aromatic carbocycles. The van der Waals surface area contributed by atoms with Crippen molar-refractivity contribution >= 4 is 5.91 Å². The smallest absolute Gasteiger partial charge is 0.219 e. The largest absolute Gasteiger partial charge is 0.337 e. The molecule has 1 aromatic heterocycles. The monoisotopic (exact) mass is 221 g/mol. The number of hydrogen-bond donors (Lipinski definition) is 0. The van der Waals surface area contributed by atoms with E-state index >= 15 is 0 Å². The number of likely N-dealkylation sites (N-methyl/N-ethyl adjacent to an activating group) is 1. The van der Waals surface area contributed by atoms with E-state index in [1.54, 1.807) is 19.3 Å². The van der Waals surface area contributed by atoms with Crippen LogP contribution in [-0.4, -0.2) is 47.9 Å². The Kier molecular flexibility index (Phi) is 4.92. The standard InChI is InChI=1S/C12H19N3O/c1-11(16)15(8-7-14(2)3)10-12-5-4-6-13-9-12/h4-6,9H,7-8,10H2,1-3H3. The van der Waals surface area contributed by atoms with Gasteiger partial charge in [0.15, 0.2) is 0 Å². The lowest BCUT2D eigenvalue weighted by atomic mass is 10.2. The molecule has 0 aliphatic carbocycles. The quantitative estimate of drug-likeness (QED) is 0.744. The second-order valence-electron chi connectivity index (χ2n) is 4.11. The summed E-state index contributed by atoms with van der Waals surface area (Å²) in [5, 5.41) is 0. The van der Waals surface area contributed by atoms with E-state index in [9.17, 15) is 4.79 Å². The molecule has 88 valence electrons. The first-order valence-electron chi connectivity index (χ1n) is 5.38. The Labute approximate surface area is 96.9 Å². The van der Waals surface area contributed by atoms with Crippen LogP contribution < -0.4 is 0 Å². The van der Waals surface area contributed by atoms with E-state index in [0.29, 0.717) is 6.54 Å². The SMILES string of the molecule is CC(=O)N(CCN(C)C)Cc1cccnc1. The lowest BCUT2D eigenvalue weighted by molar-refractivity contribution is -0.129. The van der Waals surface area contributed by atoms with Crippen LogP contribution in [0.3, 0.4) is 0 Å². The van der Waals surface area contributed by atoms with Gasteiger partial charge < -0.3 is 9.80 Å². The number of aromatic nitrogens is 1. The molecule has 4 nitrogen and oxygen atoms in total. The van der Waals surface area contributed by atoms with Gasteiger partial charge in [-0.25, -0.2) is 0 Å². The number of carbonyl (C=O) groups excluding carboxylic acids is 1. The van der Waals surface area contributed by atoms with Crippen LogP contribution in [0.5, 0.6) is 0 Å². The van der Waals surface area contributed by atoms with Gasteiger partial charge in [-0.2, -0.15) is 0 Å². The average Bonchev–Trinajstić information content (AvgIpc) is 2.25. The molecule has 0 fully saturated rings. The molecule has 16 heavy (non-hydrogen) atoms. The Morgan fingerprint density at radius 2 is 2.12 bits per heavy atom. The van der Waals surface area contributed by atoms with Crippen molar-refractivity contribution in [1.29, 1.82) is 0 Å². The number of rotatable bonds is 5. The Balaban J connectivity index is 2.55. The van der Waals surface area contributed by atoms with E-state index in [-0.39, 0.29) is 5.91 Å². The molecule has 1 heterocycles. The molecular formula is C12H19N3O. The summed E-state index contributed by atoms with van der Waals surface area (Å²) in [6.07, 6.45) is 3.53. The zero-order chi connectivity index (χ0) is 12.0. The van der Waals surface area contributed by atoms with Gasteiger partial charge in [0.25, 0.3) is 0 Å². The van der Waals surface area contributed by atoms with Crippen molar-refractivity contribution in [2.24, 2.45) is 0 Å². The predicted octanol–water partition coefficient (Wildman–Crippen LogP) is 0.992. The van der Waals surface area contributed by atoms with Crippen molar-refractivity contribution < 1.29 is 4.79 Å². The third kappa shape index (κ3) is 4.40. The molecule has 0 bridgehead atoms. The predicted molar refractivity (Wildman–Crippen MR) is 63.9 cm³/mol. The maximum absolute atomic E-state index is 11.4. The summed E-state index contributed by atoms with van der Waals surface area (Å²) in [7, 11) is 4.00. The maximum atomic E-state index is 11.4. The molecule has 0 spiro atoms. The number of carbonyl (C=O) groups is 1. The number of pyridine rings is 1. The molecule has 0 atom stereocenters. The fourth-order valence-corrected chi connectivity index (χ4v) is 1.38. The summed E-state index contributed by atoms with van der Waals surface area (Å²) in [5.41, 5.74) is 1.07. The molecule has 4 heteroatoms. The fraction of sp³-hybridized carbons (Fsp3) is 0.500. The second kappa shape index (κ2) is 6.23. The minimum atomic E-state index is 0.103. The molecule has 0 N–H and O–H groups in total. The first-order valence-corrected chi connectivity index (χ1v) is 5.38. The van der Waals surface area contributed by atoms with Gasteiger partial charge in [-0.1, -0.05) is 6.07 Å². The van der Waals surface area contributed by atoms with E-state index in [1.807, 2.05) is 31.1 Å². The second-order valence-corrected chi connectivity index (χ2v) is 4.11. The summed E-state index contributed by atoms with van der Waals surface area (Å²) in [5.74, 6) is 0.103. The fourth-order valence-electron chi connectivity index (χ4n) is 1.38. The molecule has 0 unspecified atom stereocenters. The van der Waals surface area contributed by atoms with Gasteiger partial charge in [0.05, 0.1) is 0 Å². The Morgan fingerprint density at radius 1 is 1.38 bits per heavy atom. The van der Waals surface area contributed by atoms with Gasteiger partial charge in [0, 0.05) is 39.0 Å². The highest BCUT2D eigenvalue weighted by atomic mass is 16.2. The van der Waals surface area contributed by atoms with Crippen molar-refractivity contribution in [1.82, 2.24) is 14.8 Å². The van der Waals surface area contributed by atoms with Gasteiger partial charge in [-0.05, 0) is 25.7 Å². The van der Waals surface area contributed by atoms with Gasteiger partial charge in [-0.15, -0.1) is 0 Å². The third-order valence-electron chi connectivity index (χ3n) is 2.36. The summed E-state index contributed by atoms with van der Waals surface area (Å²) in [4.78, 5) is 19.4. The molecule has 0 aliphatic heterocycles. The van der Waals surface area contributed by atoms with Gasteiger partial charge in [0.2, 0.25) is 5.91 Å². The lowest BCUT2D eigenvalue weighted by Crippen LogP contribution is -2.34. The molecule has 0 radical (unpaired) electrons. The molecule has 1 aromatic rings. The minimum Gasteiger partial charge on any atom is -0.337 e. The summed E-state index contributed by atoms with van der Waals surface area (Å²) >= 11 is 0. The molecule has 1 rings (SSSR count). The van der Waals surface area contributed by atoms with Crippen molar-refractivity contribution in [2.45, 2.75) is 13.5 Å². The van der Waals surface area contributed by atoms with E-state index < -0.39 is 0 Å². The van der Waals surface area contributed by atoms with Crippen molar-refractivity contribution in [3.63, 3.8) is 0 Å². The van der Waals surface area contributed by atoms with Crippen LogP contribution in [0.15, 0.2) is 24.5 Å². The highest BCUT2D eigenvalue weighted by molar-refractivity contribution is 5.73. The van der Waals surface area contributed by atoms with E-state index in [4.69, 9.17) is 0 Å². The van der Waals surface area contributed by atoms with Crippen molar-refractivity contribution in [3.8, 4) is 0 Å². The minimum absolute atomic E-state index is 0.103. The van der Waals surface area contributed by atoms with Crippen LogP contribution in [0.2, 0.25) is 0 Å². The molecule has 0 saturated heterocycles. The van der Waals surface area contributed by atoms with Gasteiger partial charge >= 0.3 is 0 Å². The van der Waals surface area contributed by atoms with Crippen LogP contribution in [0.25, 0.3) is 0 Å². The van der Waals surface area contributed by atoms with Gasteiger partial charge in [-0.3, -0.25) is 9.78 Å². The maximum Gasteiger partial charge on any atom is 0.219 e. The number of nitrogens with zero attached hydrogens (tertiary/aromatic N) is 3. The van der Waals surface area contributed by atoms with E-state index in [0.717, 1.165) is 18.7 Å². The average molecular weight is 221 g/mol. The topological polar surface area (TPSA) is 36.4 Å². The summed E-state index contributed by atoms with van der Waals surface area (Å²) in [6, 6.07) is 3.87. The Bertz CT molecular complexity index is 324. The van der Waals surface area contributed by atoms with Crippen molar-refractivity contribution in [2.75, 3.05) is 27.2 Å². The molecule has 1 amide bonds. The van der Waals surface area contributed by atoms with E-state index in [1.165, 1.54) is 0 Å². The molecular weight excluding hydrogens is 202 g/mol. The first kappa shape index (κ1) is 12.6. The number of hydrogen-bond acceptors (Lipinski definition) is 3. The highest BCUT2D eigenvalue weighted by Gasteiger charge is 2.09. The molecule has 0 aliphatic rings. The van der Waals surface area contributed by atoms with Crippen LogP contribution in [-0.2, 0) is 11.3 Å². The number of amides is 1. The van der Waals surface area contributed by atoms with Crippen LogP contribution >= 0.6 is 0 Å². The van der Waals surface area contributed by atoms with Crippen LogP contribution in [0.4, 0.5) is 0 Å².